The minimum Gasteiger partial charge on any atom is -0.463 e. The number of halogens is 3. The van der Waals surface area contributed by atoms with Gasteiger partial charge in [-0.25, -0.2) is 0 Å². The molecule has 1 amide bonds. The molecule has 1 aromatic heterocycles. The van der Waals surface area contributed by atoms with Crippen LogP contribution < -0.4 is 5.32 Å². The van der Waals surface area contributed by atoms with Gasteiger partial charge in [0.1, 0.15) is 17.1 Å². The van der Waals surface area contributed by atoms with Crippen molar-refractivity contribution >= 4 is 5.91 Å². The summed E-state index contributed by atoms with van der Waals surface area (Å²) in [5.41, 5.74) is -1.40. The number of furan rings is 1. The Kier molecular flexibility index (Phi) is 5.08. The zero-order chi connectivity index (χ0) is 17.3. The predicted octanol–water partition coefficient (Wildman–Crippen LogP) is 3.28. The molecule has 1 heterocycles. The van der Waals surface area contributed by atoms with Gasteiger partial charge in [0, 0.05) is 5.92 Å². The smallest absolute Gasteiger partial charge is 0.391 e. The maximum atomic E-state index is 12.8. The van der Waals surface area contributed by atoms with Gasteiger partial charge < -0.3 is 14.8 Å². The number of alkyl halides is 3. The SMILES string of the molecule is Cc1ccc(C(C)(O)CNC(=O)C2CCCC(C(F)(F)F)C2)o1. The van der Waals surface area contributed by atoms with Gasteiger partial charge in [0.2, 0.25) is 5.91 Å². The fourth-order valence-corrected chi connectivity index (χ4v) is 2.94. The lowest BCUT2D eigenvalue weighted by molar-refractivity contribution is -0.186. The molecule has 130 valence electrons. The van der Waals surface area contributed by atoms with Crippen LogP contribution in [0.1, 0.15) is 44.1 Å². The summed E-state index contributed by atoms with van der Waals surface area (Å²) in [4.78, 5) is 12.1. The van der Waals surface area contributed by atoms with Crippen molar-refractivity contribution in [3.8, 4) is 0 Å². The van der Waals surface area contributed by atoms with Gasteiger partial charge in [0.25, 0.3) is 0 Å². The maximum Gasteiger partial charge on any atom is 0.391 e. The second-order valence-electron chi connectivity index (χ2n) is 6.50. The normalized spacial score (nSPS) is 25.0. The molecule has 1 aliphatic carbocycles. The first-order valence-corrected chi connectivity index (χ1v) is 7.73. The molecule has 3 atom stereocenters. The van der Waals surface area contributed by atoms with E-state index in [9.17, 15) is 23.1 Å². The van der Waals surface area contributed by atoms with E-state index in [1.54, 1.807) is 19.1 Å². The first-order chi connectivity index (χ1) is 10.6. The molecule has 1 fully saturated rings. The van der Waals surface area contributed by atoms with Crippen molar-refractivity contribution in [1.82, 2.24) is 5.32 Å². The summed E-state index contributed by atoms with van der Waals surface area (Å²) in [6.07, 6.45) is -3.53. The van der Waals surface area contributed by atoms with Crippen molar-refractivity contribution in [2.75, 3.05) is 6.54 Å². The Morgan fingerprint density at radius 3 is 2.65 bits per heavy atom. The van der Waals surface area contributed by atoms with Crippen LogP contribution in [0.25, 0.3) is 0 Å². The van der Waals surface area contributed by atoms with E-state index in [0.717, 1.165) is 0 Å². The average molecular weight is 333 g/mol. The summed E-state index contributed by atoms with van der Waals surface area (Å²) in [6, 6.07) is 3.31. The van der Waals surface area contributed by atoms with Crippen LogP contribution >= 0.6 is 0 Å². The largest absolute Gasteiger partial charge is 0.463 e. The number of rotatable bonds is 4. The Morgan fingerprint density at radius 2 is 2.09 bits per heavy atom. The van der Waals surface area contributed by atoms with Gasteiger partial charge in [0.05, 0.1) is 12.5 Å². The quantitative estimate of drug-likeness (QED) is 0.889. The number of hydrogen-bond donors (Lipinski definition) is 2. The lowest BCUT2D eigenvalue weighted by Crippen LogP contribution is -2.43. The molecule has 0 radical (unpaired) electrons. The van der Waals surface area contributed by atoms with Gasteiger partial charge in [-0.05, 0) is 45.2 Å². The zero-order valence-electron chi connectivity index (χ0n) is 13.2. The maximum absolute atomic E-state index is 12.8. The molecule has 0 saturated heterocycles. The fourth-order valence-electron chi connectivity index (χ4n) is 2.94. The third-order valence-electron chi connectivity index (χ3n) is 4.39. The van der Waals surface area contributed by atoms with Crippen LogP contribution in [0, 0.1) is 18.8 Å². The standard InChI is InChI=1S/C16H22F3NO3/c1-10-6-7-13(23-10)15(2,22)9-20-14(21)11-4-3-5-12(8-11)16(17,18)19/h6-7,11-12,22H,3-5,8-9H2,1-2H3,(H,20,21). The third-order valence-corrected chi connectivity index (χ3v) is 4.39. The van der Waals surface area contributed by atoms with Crippen LogP contribution in [-0.2, 0) is 10.4 Å². The molecule has 1 aromatic rings. The van der Waals surface area contributed by atoms with Crippen molar-refractivity contribution < 1.29 is 27.5 Å². The Bertz CT molecular complexity index is 551. The van der Waals surface area contributed by atoms with Crippen molar-refractivity contribution in [2.24, 2.45) is 11.8 Å². The number of carbonyl (C=O) groups is 1. The highest BCUT2D eigenvalue weighted by Gasteiger charge is 2.43. The van der Waals surface area contributed by atoms with E-state index in [-0.39, 0.29) is 19.4 Å². The molecule has 2 rings (SSSR count). The molecule has 0 bridgehead atoms. The number of hydrogen-bond acceptors (Lipinski definition) is 3. The highest BCUT2D eigenvalue weighted by molar-refractivity contribution is 5.78. The third kappa shape index (κ3) is 4.50. The topological polar surface area (TPSA) is 62.5 Å². The van der Waals surface area contributed by atoms with Crippen LogP contribution in [0.4, 0.5) is 13.2 Å². The molecular weight excluding hydrogens is 311 g/mol. The average Bonchev–Trinajstić information content (AvgIpc) is 2.91. The fraction of sp³-hybridized carbons (Fsp3) is 0.688. The lowest BCUT2D eigenvalue weighted by Gasteiger charge is -2.30. The lowest BCUT2D eigenvalue weighted by atomic mass is 9.80. The molecule has 7 heteroatoms. The summed E-state index contributed by atoms with van der Waals surface area (Å²) < 4.78 is 43.7. The molecule has 1 saturated carbocycles. The molecule has 3 unspecified atom stereocenters. The Balaban J connectivity index is 1.91. The van der Waals surface area contributed by atoms with E-state index < -0.39 is 29.5 Å². The number of aryl methyl sites for hydroxylation is 1. The van der Waals surface area contributed by atoms with Crippen LogP contribution in [0.3, 0.4) is 0 Å². The Hall–Kier alpha value is -1.50. The molecule has 0 aliphatic heterocycles. The van der Waals surface area contributed by atoms with Crippen molar-refractivity contribution in [1.29, 1.82) is 0 Å². The van der Waals surface area contributed by atoms with Gasteiger partial charge in [-0.2, -0.15) is 13.2 Å². The van der Waals surface area contributed by atoms with E-state index in [1.165, 1.54) is 6.92 Å². The zero-order valence-corrected chi connectivity index (χ0v) is 13.2. The molecular formula is C16H22F3NO3. The van der Waals surface area contributed by atoms with Crippen LogP contribution in [0.2, 0.25) is 0 Å². The number of carbonyl (C=O) groups excluding carboxylic acids is 1. The van der Waals surface area contributed by atoms with E-state index >= 15 is 0 Å². The summed E-state index contributed by atoms with van der Waals surface area (Å²) in [6.45, 7) is 3.12. The summed E-state index contributed by atoms with van der Waals surface area (Å²) in [5, 5.41) is 12.9. The first kappa shape index (κ1) is 17.8. The highest BCUT2D eigenvalue weighted by Crippen LogP contribution is 2.40. The summed E-state index contributed by atoms with van der Waals surface area (Å²) >= 11 is 0. The molecule has 2 N–H and O–H groups in total. The van der Waals surface area contributed by atoms with Crippen LogP contribution in [0.5, 0.6) is 0 Å². The summed E-state index contributed by atoms with van der Waals surface area (Å²) in [5.74, 6) is -1.58. The Morgan fingerprint density at radius 1 is 1.39 bits per heavy atom. The second kappa shape index (κ2) is 6.55. The van der Waals surface area contributed by atoms with Crippen molar-refractivity contribution in [2.45, 2.75) is 51.3 Å². The van der Waals surface area contributed by atoms with E-state index in [2.05, 4.69) is 5.32 Å². The highest BCUT2D eigenvalue weighted by atomic mass is 19.4. The van der Waals surface area contributed by atoms with Crippen molar-refractivity contribution in [3.05, 3.63) is 23.7 Å². The Labute approximate surface area is 133 Å². The molecule has 0 spiro atoms. The number of aliphatic hydroxyl groups is 1. The van der Waals surface area contributed by atoms with Gasteiger partial charge in [-0.1, -0.05) is 6.42 Å². The molecule has 4 nitrogen and oxygen atoms in total. The van der Waals surface area contributed by atoms with Gasteiger partial charge in [-0.15, -0.1) is 0 Å². The van der Waals surface area contributed by atoms with Crippen LogP contribution in [0.15, 0.2) is 16.5 Å². The van der Waals surface area contributed by atoms with E-state index in [1.807, 2.05) is 0 Å². The number of amides is 1. The minimum atomic E-state index is -4.25. The van der Waals surface area contributed by atoms with E-state index in [4.69, 9.17) is 4.42 Å². The van der Waals surface area contributed by atoms with Gasteiger partial charge in [0.15, 0.2) is 0 Å². The molecule has 1 aliphatic rings. The monoisotopic (exact) mass is 333 g/mol. The second-order valence-corrected chi connectivity index (χ2v) is 6.50. The van der Waals surface area contributed by atoms with E-state index in [0.29, 0.717) is 24.4 Å². The molecule has 0 aromatic carbocycles. The van der Waals surface area contributed by atoms with Crippen molar-refractivity contribution in [3.63, 3.8) is 0 Å². The first-order valence-electron chi connectivity index (χ1n) is 7.73. The van der Waals surface area contributed by atoms with Gasteiger partial charge >= 0.3 is 6.18 Å². The van der Waals surface area contributed by atoms with Gasteiger partial charge in [-0.3, -0.25) is 4.79 Å². The number of nitrogens with one attached hydrogen (secondary N) is 1. The summed E-state index contributed by atoms with van der Waals surface area (Å²) in [7, 11) is 0. The molecule has 23 heavy (non-hydrogen) atoms. The minimum absolute atomic E-state index is 0.0800. The predicted molar refractivity (Wildman–Crippen MR) is 77.5 cm³/mol. The van der Waals surface area contributed by atoms with Crippen LogP contribution in [-0.4, -0.2) is 23.7 Å².